The molecule has 3 N–H and O–H groups in total. The molecule has 5 nitrogen and oxygen atoms in total. The third-order valence-corrected chi connectivity index (χ3v) is 4.30. The van der Waals surface area contributed by atoms with E-state index < -0.39 is 23.3 Å². The number of nitrogens with one attached hydrogen (secondary N) is 1. The molecule has 0 bridgehead atoms. The number of carboxylic acids is 1. The van der Waals surface area contributed by atoms with E-state index in [-0.39, 0.29) is 12.5 Å². The van der Waals surface area contributed by atoms with Crippen LogP contribution in [-0.4, -0.2) is 28.7 Å². The van der Waals surface area contributed by atoms with E-state index >= 15 is 0 Å². The molecule has 1 unspecified atom stereocenters. The molecule has 0 radical (unpaired) electrons. The summed E-state index contributed by atoms with van der Waals surface area (Å²) in [6, 6.07) is 9.20. The normalized spacial score (nSPS) is 24.3. The molecular weight excluding hydrogens is 270 g/mol. The summed E-state index contributed by atoms with van der Waals surface area (Å²) in [5.74, 6) is -2.35. The van der Waals surface area contributed by atoms with Gasteiger partial charge in [-0.25, -0.2) is 0 Å². The Labute approximate surface area is 124 Å². The second-order valence-corrected chi connectivity index (χ2v) is 5.83. The first-order valence-corrected chi connectivity index (χ1v) is 7.19. The first kappa shape index (κ1) is 15.5. The highest BCUT2D eigenvalue weighted by Gasteiger charge is 2.40. The third kappa shape index (κ3) is 3.24. The predicted octanol–water partition coefficient (Wildman–Crippen LogP) is 1.51. The number of hydrogen-bond donors (Lipinski definition) is 3. The van der Waals surface area contributed by atoms with Crippen molar-refractivity contribution in [2.24, 2.45) is 11.8 Å². The van der Waals surface area contributed by atoms with Gasteiger partial charge in [0.15, 0.2) is 0 Å². The fraction of sp³-hybridized carbons (Fsp3) is 0.500. The highest BCUT2D eigenvalue weighted by atomic mass is 16.4. The van der Waals surface area contributed by atoms with Crippen molar-refractivity contribution < 1.29 is 19.8 Å². The average molecular weight is 291 g/mol. The van der Waals surface area contributed by atoms with Gasteiger partial charge in [-0.05, 0) is 25.3 Å². The van der Waals surface area contributed by atoms with E-state index in [4.69, 9.17) is 0 Å². The molecule has 21 heavy (non-hydrogen) atoms. The van der Waals surface area contributed by atoms with E-state index in [1.54, 1.807) is 6.92 Å². The van der Waals surface area contributed by atoms with Crippen molar-refractivity contribution in [2.45, 2.75) is 31.7 Å². The highest BCUT2D eigenvalue weighted by molar-refractivity contribution is 5.85. The van der Waals surface area contributed by atoms with Crippen LogP contribution in [0.5, 0.6) is 0 Å². The number of carbonyl (C=O) groups excluding carboxylic acids is 1. The molecule has 0 saturated heterocycles. The number of carbonyl (C=O) groups is 2. The number of carboxylic acid groups (broad SMARTS) is 1. The molecule has 3 atom stereocenters. The molecule has 0 aromatic heterocycles. The van der Waals surface area contributed by atoms with Crippen molar-refractivity contribution in [3.05, 3.63) is 35.9 Å². The van der Waals surface area contributed by atoms with Crippen LogP contribution >= 0.6 is 0 Å². The van der Waals surface area contributed by atoms with Crippen LogP contribution in [0.15, 0.2) is 30.3 Å². The van der Waals surface area contributed by atoms with E-state index in [0.29, 0.717) is 12.8 Å². The van der Waals surface area contributed by atoms with Crippen LogP contribution in [0.1, 0.15) is 31.7 Å². The van der Waals surface area contributed by atoms with E-state index in [1.807, 2.05) is 30.3 Å². The fourth-order valence-electron chi connectivity index (χ4n) is 2.94. The Morgan fingerprint density at radius 3 is 2.43 bits per heavy atom. The Hall–Kier alpha value is -1.88. The molecule has 2 rings (SSSR count). The van der Waals surface area contributed by atoms with E-state index in [1.165, 1.54) is 0 Å². The van der Waals surface area contributed by atoms with Gasteiger partial charge in [-0.1, -0.05) is 36.8 Å². The summed E-state index contributed by atoms with van der Waals surface area (Å²) >= 11 is 0. The Morgan fingerprint density at radius 2 is 1.86 bits per heavy atom. The maximum absolute atomic E-state index is 12.4. The molecule has 1 aliphatic carbocycles. The molecule has 1 fully saturated rings. The van der Waals surface area contributed by atoms with Gasteiger partial charge in [-0.15, -0.1) is 0 Å². The number of rotatable bonds is 5. The molecule has 1 aromatic rings. The zero-order valence-electron chi connectivity index (χ0n) is 12.1. The van der Waals surface area contributed by atoms with Crippen molar-refractivity contribution in [1.82, 2.24) is 5.32 Å². The highest BCUT2D eigenvalue weighted by Crippen LogP contribution is 2.33. The van der Waals surface area contributed by atoms with Crippen molar-refractivity contribution in [1.29, 1.82) is 0 Å². The maximum atomic E-state index is 12.4. The van der Waals surface area contributed by atoms with E-state index in [2.05, 4.69) is 5.32 Å². The van der Waals surface area contributed by atoms with Crippen LogP contribution in [0.25, 0.3) is 0 Å². The second kappa shape index (κ2) is 6.26. The zero-order valence-corrected chi connectivity index (χ0v) is 12.1. The monoisotopic (exact) mass is 291 g/mol. The van der Waals surface area contributed by atoms with Gasteiger partial charge >= 0.3 is 5.97 Å². The lowest BCUT2D eigenvalue weighted by atomic mass is 9.89. The summed E-state index contributed by atoms with van der Waals surface area (Å²) in [5.41, 5.74) is -0.102. The molecule has 114 valence electrons. The summed E-state index contributed by atoms with van der Waals surface area (Å²) in [6.45, 7) is 1.50. The molecular formula is C16H21NO4. The summed E-state index contributed by atoms with van der Waals surface area (Å²) < 4.78 is 0. The van der Waals surface area contributed by atoms with Gasteiger partial charge in [-0.3, -0.25) is 9.59 Å². The maximum Gasteiger partial charge on any atom is 0.307 e. The van der Waals surface area contributed by atoms with Crippen LogP contribution in [-0.2, 0) is 15.1 Å². The van der Waals surface area contributed by atoms with Gasteiger partial charge in [0, 0.05) is 0 Å². The largest absolute Gasteiger partial charge is 0.481 e. The summed E-state index contributed by atoms with van der Waals surface area (Å²) in [4.78, 5) is 23.6. The topological polar surface area (TPSA) is 86.6 Å². The fourth-order valence-corrected chi connectivity index (χ4v) is 2.94. The summed E-state index contributed by atoms with van der Waals surface area (Å²) in [6.07, 6.45) is 1.87. The minimum absolute atomic E-state index is 0.243. The molecule has 5 heteroatoms. The number of benzene rings is 1. The molecule has 0 aliphatic heterocycles. The third-order valence-electron chi connectivity index (χ3n) is 4.30. The Morgan fingerprint density at radius 1 is 1.24 bits per heavy atom. The standard InChI is InChI=1S/C16H21NO4/c1-16(10-18,11-6-3-2-4-7-11)17-14(19)12-8-5-9-13(12)15(20)21/h2-4,6-7,12-13,18H,5,8-10H2,1H3,(H,17,19)(H,20,21)/t12-,13+,16?/m1/s1. The minimum atomic E-state index is -0.918. The molecule has 1 aliphatic rings. The lowest BCUT2D eigenvalue weighted by Crippen LogP contribution is -2.49. The molecule has 1 aromatic carbocycles. The first-order valence-electron chi connectivity index (χ1n) is 7.19. The van der Waals surface area contributed by atoms with Crippen molar-refractivity contribution >= 4 is 11.9 Å². The number of aliphatic hydroxyl groups is 1. The van der Waals surface area contributed by atoms with Crippen LogP contribution in [0.4, 0.5) is 0 Å². The summed E-state index contributed by atoms with van der Waals surface area (Å²) in [5, 5.41) is 21.7. The first-order chi connectivity index (χ1) is 9.98. The molecule has 1 amide bonds. The predicted molar refractivity (Wildman–Crippen MR) is 77.5 cm³/mol. The number of amides is 1. The Bertz CT molecular complexity index is 516. The van der Waals surface area contributed by atoms with Crippen LogP contribution in [0.3, 0.4) is 0 Å². The second-order valence-electron chi connectivity index (χ2n) is 5.83. The van der Waals surface area contributed by atoms with Crippen molar-refractivity contribution in [3.63, 3.8) is 0 Å². The molecule has 0 heterocycles. The quantitative estimate of drug-likeness (QED) is 0.767. The Balaban J connectivity index is 2.15. The molecule has 1 saturated carbocycles. The Kier molecular flexibility index (Phi) is 4.63. The SMILES string of the molecule is CC(CO)(NC(=O)[C@@H]1CCC[C@@H]1C(=O)O)c1ccccc1. The molecule has 0 spiro atoms. The smallest absolute Gasteiger partial charge is 0.307 e. The van der Waals surface area contributed by atoms with Gasteiger partial charge in [0.2, 0.25) is 5.91 Å². The van der Waals surface area contributed by atoms with Gasteiger partial charge < -0.3 is 15.5 Å². The number of aliphatic hydroxyl groups excluding tert-OH is 1. The van der Waals surface area contributed by atoms with Crippen molar-refractivity contribution in [3.8, 4) is 0 Å². The van der Waals surface area contributed by atoms with Gasteiger partial charge in [-0.2, -0.15) is 0 Å². The van der Waals surface area contributed by atoms with Crippen LogP contribution in [0, 0.1) is 11.8 Å². The van der Waals surface area contributed by atoms with Gasteiger partial charge in [0.25, 0.3) is 0 Å². The van der Waals surface area contributed by atoms with Gasteiger partial charge in [0.05, 0.1) is 24.0 Å². The van der Waals surface area contributed by atoms with Crippen LogP contribution in [0.2, 0.25) is 0 Å². The number of hydrogen-bond acceptors (Lipinski definition) is 3. The lowest BCUT2D eigenvalue weighted by molar-refractivity contribution is -0.146. The van der Waals surface area contributed by atoms with E-state index in [0.717, 1.165) is 12.0 Å². The van der Waals surface area contributed by atoms with Gasteiger partial charge in [0.1, 0.15) is 0 Å². The zero-order chi connectivity index (χ0) is 15.5. The number of aliphatic carboxylic acids is 1. The average Bonchev–Trinajstić information content (AvgIpc) is 2.98. The van der Waals surface area contributed by atoms with Crippen LogP contribution < -0.4 is 5.32 Å². The van der Waals surface area contributed by atoms with E-state index in [9.17, 15) is 19.8 Å². The lowest BCUT2D eigenvalue weighted by Gasteiger charge is -2.31. The summed E-state index contributed by atoms with van der Waals surface area (Å²) in [7, 11) is 0. The minimum Gasteiger partial charge on any atom is -0.481 e. The van der Waals surface area contributed by atoms with Crippen molar-refractivity contribution in [2.75, 3.05) is 6.61 Å².